The Hall–Kier alpha value is -4.01. The van der Waals surface area contributed by atoms with E-state index in [1.807, 2.05) is 0 Å². The summed E-state index contributed by atoms with van der Waals surface area (Å²) in [6.07, 6.45) is 1.02. The molecule has 41 heavy (non-hydrogen) atoms. The van der Waals surface area contributed by atoms with E-state index in [-0.39, 0.29) is 37.4 Å². The number of non-ortho nitro benzene ring substituents is 1. The summed E-state index contributed by atoms with van der Waals surface area (Å²) < 4.78 is 55.2. The number of benzene rings is 3. The van der Waals surface area contributed by atoms with E-state index in [4.69, 9.17) is 0 Å². The first-order valence-electron chi connectivity index (χ1n) is 11.8. The predicted octanol–water partition coefficient (Wildman–Crippen LogP) is 5.41. The van der Waals surface area contributed by atoms with Crippen LogP contribution in [0.5, 0.6) is 0 Å². The molecule has 5 rings (SSSR count). The van der Waals surface area contributed by atoms with Gasteiger partial charge in [-0.05, 0) is 59.7 Å². The van der Waals surface area contributed by atoms with Crippen molar-refractivity contribution < 1.29 is 22.1 Å². The summed E-state index contributed by atoms with van der Waals surface area (Å²) in [5.74, 6) is -1.76. The van der Waals surface area contributed by atoms with Crippen molar-refractivity contribution in [1.29, 1.82) is 0 Å². The van der Waals surface area contributed by atoms with Gasteiger partial charge in [0.25, 0.3) is 11.2 Å². The molecule has 210 valence electrons. The van der Waals surface area contributed by atoms with E-state index in [1.165, 1.54) is 54.6 Å². The molecular weight excluding hydrogens is 644 g/mol. The van der Waals surface area contributed by atoms with Gasteiger partial charge in [-0.15, -0.1) is 11.3 Å². The molecule has 0 bridgehead atoms. The highest BCUT2D eigenvalue weighted by atomic mass is 79.9. The largest absolute Gasteiger partial charge is 0.337 e. The molecule has 0 fully saturated rings. The van der Waals surface area contributed by atoms with Crippen molar-refractivity contribution in [3.05, 3.63) is 120 Å². The highest BCUT2D eigenvalue weighted by molar-refractivity contribution is 9.08. The molecule has 0 atom stereocenters. The average Bonchev–Trinajstić information content (AvgIpc) is 3.32. The van der Waals surface area contributed by atoms with Gasteiger partial charge in [-0.1, -0.05) is 22.0 Å². The SMILES string of the molecule is CS(=O)(=O)c1ccc(-n2c(=O)c3c(CBr)c(-c4ccc([N+](=O)[O-])cc4)sc3n(Cc3c(F)cccc3F)c2=O)cc1. The summed E-state index contributed by atoms with van der Waals surface area (Å²) >= 11 is 4.44. The van der Waals surface area contributed by atoms with Crippen LogP contribution < -0.4 is 11.2 Å². The Morgan fingerprint density at radius 2 is 1.56 bits per heavy atom. The molecular formula is C27H18BrF2N3O6S2. The maximum atomic E-state index is 14.7. The fourth-order valence-corrected chi connectivity index (χ4v) is 7.10. The highest BCUT2D eigenvalue weighted by Crippen LogP contribution is 2.39. The maximum Gasteiger partial charge on any atom is 0.337 e. The minimum atomic E-state index is -3.56. The topological polar surface area (TPSA) is 121 Å². The number of hydrogen-bond donors (Lipinski definition) is 0. The summed E-state index contributed by atoms with van der Waals surface area (Å²) in [7, 11) is -3.56. The fourth-order valence-electron chi connectivity index (χ4n) is 4.41. The monoisotopic (exact) mass is 661 g/mol. The van der Waals surface area contributed by atoms with Crippen molar-refractivity contribution in [3.63, 3.8) is 0 Å². The smallest absolute Gasteiger partial charge is 0.279 e. The Kier molecular flexibility index (Phi) is 7.48. The van der Waals surface area contributed by atoms with Gasteiger partial charge in [-0.3, -0.25) is 19.5 Å². The molecule has 14 heteroatoms. The Bertz CT molecular complexity index is 2050. The number of fused-ring (bicyclic) bond motifs is 1. The van der Waals surface area contributed by atoms with Gasteiger partial charge in [0.2, 0.25) is 0 Å². The van der Waals surface area contributed by atoms with Crippen LogP contribution >= 0.6 is 27.3 Å². The summed E-state index contributed by atoms with van der Waals surface area (Å²) in [4.78, 5) is 39.0. The molecule has 3 aromatic carbocycles. The van der Waals surface area contributed by atoms with Gasteiger partial charge in [0.05, 0.1) is 27.4 Å². The molecule has 0 amide bonds. The molecule has 2 aromatic heterocycles. The lowest BCUT2D eigenvalue weighted by Crippen LogP contribution is -2.39. The molecule has 0 saturated heterocycles. The zero-order valence-corrected chi connectivity index (χ0v) is 24.2. The van der Waals surface area contributed by atoms with Crippen LogP contribution in [0.3, 0.4) is 0 Å². The van der Waals surface area contributed by atoms with Crippen LogP contribution in [-0.2, 0) is 21.7 Å². The van der Waals surface area contributed by atoms with Gasteiger partial charge in [-0.2, -0.15) is 0 Å². The molecule has 0 aliphatic heterocycles. The minimum Gasteiger partial charge on any atom is -0.279 e. The maximum absolute atomic E-state index is 14.7. The zero-order valence-electron chi connectivity index (χ0n) is 21.0. The van der Waals surface area contributed by atoms with Crippen molar-refractivity contribution in [2.75, 3.05) is 6.26 Å². The minimum absolute atomic E-state index is 0.0266. The molecule has 0 aliphatic carbocycles. The third-order valence-corrected chi connectivity index (χ3v) is 9.44. The van der Waals surface area contributed by atoms with Crippen LogP contribution in [0.2, 0.25) is 0 Å². The molecule has 0 saturated carbocycles. The third kappa shape index (κ3) is 5.13. The standard InChI is InChI=1S/C27H18BrF2N3O6S2/c1-41(38,39)18-11-9-16(10-12-18)32-25(34)23-19(13-28)24(15-5-7-17(8-6-15)33(36)37)40-26(23)31(27(32)35)14-20-21(29)3-2-4-22(20)30/h2-12H,13-14H2,1H3. The first kappa shape index (κ1) is 28.5. The van der Waals surface area contributed by atoms with Gasteiger partial charge >= 0.3 is 5.69 Å². The summed E-state index contributed by atoms with van der Waals surface area (Å²) in [6, 6.07) is 14.0. The number of aromatic nitrogens is 2. The van der Waals surface area contributed by atoms with Gasteiger partial charge in [0, 0.05) is 34.2 Å². The number of hydrogen-bond acceptors (Lipinski definition) is 7. The van der Waals surface area contributed by atoms with Crippen LogP contribution in [0.4, 0.5) is 14.5 Å². The predicted molar refractivity (Wildman–Crippen MR) is 155 cm³/mol. The number of nitro benzene ring substituents is 1. The molecule has 2 heterocycles. The van der Waals surface area contributed by atoms with Crippen LogP contribution in [0.15, 0.2) is 81.2 Å². The van der Waals surface area contributed by atoms with Gasteiger partial charge in [0.1, 0.15) is 16.5 Å². The van der Waals surface area contributed by atoms with Crippen LogP contribution in [-0.4, -0.2) is 28.7 Å². The van der Waals surface area contributed by atoms with Crippen molar-refractivity contribution >= 4 is 53.0 Å². The molecule has 9 nitrogen and oxygen atoms in total. The van der Waals surface area contributed by atoms with Crippen molar-refractivity contribution in [2.45, 2.75) is 16.8 Å². The van der Waals surface area contributed by atoms with Crippen molar-refractivity contribution in [2.24, 2.45) is 0 Å². The molecule has 0 N–H and O–H groups in total. The highest BCUT2D eigenvalue weighted by Gasteiger charge is 2.25. The van der Waals surface area contributed by atoms with Crippen molar-refractivity contribution in [1.82, 2.24) is 9.13 Å². The number of thiophene rings is 1. The van der Waals surface area contributed by atoms with E-state index < -0.39 is 44.2 Å². The van der Waals surface area contributed by atoms with Gasteiger partial charge in [-0.25, -0.2) is 26.6 Å². The normalized spacial score (nSPS) is 11.7. The fraction of sp³-hybridized carbons (Fsp3) is 0.111. The summed E-state index contributed by atoms with van der Waals surface area (Å²) in [5, 5.41) is 11.4. The lowest BCUT2D eigenvalue weighted by molar-refractivity contribution is -0.384. The summed E-state index contributed by atoms with van der Waals surface area (Å²) in [6.45, 7) is -0.544. The Morgan fingerprint density at radius 3 is 2.10 bits per heavy atom. The second-order valence-corrected chi connectivity index (χ2v) is 12.6. The second kappa shape index (κ2) is 10.8. The second-order valence-electron chi connectivity index (χ2n) is 9.00. The number of alkyl halides is 1. The van der Waals surface area contributed by atoms with Crippen LogP contribution in [0.25, 0.3) is 26.3 Å². The molecule has 0 unspecified atom stereocenters. The van der Waals surface area contributed by atoms with Crippen molar-refractivity contribution in [3.8, 4) is 16.1 Å². The Morgan fingerprint density at radius 1 is 0.951 bits per heavy atom. The number of nitrogens with zero attached hydrogens (tertiary/aromatic N) is 3. The van der Waals surface area contributed by atoms with Gasteiger partial charge < -0.3 is 0 Å². The van der Waals surface area contributed by atoms with E-state index in [1.54, 1.807) is 0 Å². The molecule has 0 spiro atoms. The Labute approximate surface area is 243 Å². The first-order chi connectivity index (χ1) is 19.4. The van der Waals surface area contributed by atoms with Crippen LogP contribution in [0.1, 0.15) is 11.1 Å². The Balaban J connectivity index is 1.85. The third-order valence-electron chi connectivity index (χ3n) is 6.45. The zero-order chi connectivity index (χ0) is 29.6. The van der Waals surface area contributed by atoms with E-state index in [0.29, 0.717) is 16.0 Å². The quantitative estimate of drug-likeness (QED) is 0.131. The van der Waals surface area contributed by atoms with E-state index in [0.717, 1.165) is 38.9 Å². The first-order valence-corrected chi connectivity index (χ1v) is 15.6. The van der Waals surface area contributed by atoms with Crippen LogP contribution in [0, 0.1) is 21.7 Å². The van der Waals surface area contributed by atoms with E-state index in [9.17, 15) is 36.9 Å². The number of nitro groups is 1. The molecule has 0 aliphatic rings. The average molecular weight is 662 g/mol. The van der Waals surface area contributed by atoms with E-state index in [2.05, 4.69) is 15.9 Å². The molecule has 5 aromatic rings. The van der Waals surface area contributed by atoms with E-state index >= 15 is 0 Å². The summed E-state index contributed by atoms with van der Waals surface area (Å²) in [5.41, 5.74) is -1.09. The number of sulfone groups is 1. The lowest BCUT2D eigenvalue weighted by Gasteiger charge is -2.14. The molecule has 0 radical (unpaired) electrons. The lowest BCUT2D eigenvalue weighted by atomic mass is 10.1. The number of halogens is 3. The van der Waals surface area contributed by atoms with Gasteiger partial charge in [0.15, 0.2) is 9.84 Å². The number of rotatable bonds is 7.